The van der Waals surface area contributed by atoms with Crippen LogP contribution in [0.15, 0.2) is 18.2 Å². The summed E-state index contributed by atoms with van der Waals surface area (Å²) in [6.45, 7) is 6.30. The van der Waals surface area contributed by atoms with Gasteiger partial charge < -0.3 is 20.3 Å². The van der Waals surface area contributed by atoms with Gasteiger partial charge in [0.15, 0.2) is 0 Å². The van der Waals surface area contributed by atoms with Gasteiger partial charge >= 0.3 is 6.03 Å². The molecule has 2 saturated heterocycles. The van der Waals surface area contributed by atoms with Crippen LogP contribution in [0.2, 0.25) is 0 Å². The van der Waals surface area contributed by atoms with E-state index in [1.54, 1.807) is 12.1 Å². The van der Waals surface area contributed by atoms with E-state index in [1.165, 1.54) is 0 Å². The zero-order valence-electron chi connectivity index (χ0n) is 15.0. The number of likely N-dealkylation sites (tertiary alicyclic amines) is 1. The molecule has 2 atom stereocenters. The van der Waals surface area contributed by atoms with E-state index in [0.717, 1.165) is 56.6 Å². The van der Waals surface area contributed by atoms with Crippen LogP contribution in [0.5, 0.6) is 0 Å². The van der Waals surface area contributed by atoms with Gasteiger partial charge in [-0.05, 0) is 63.3 Å². The molecule has 3 amide bonds. The van der Waals surface area contributed by atoms with Crippen molar-refractivity contribution in [2.75, 3.05) is 25.0 Å². The number of hydrogen-bond acceptors (Lipinski definition) is 3. The second kappa shape index (κ2) is 7.87. The van der Waals surface area contributed by atoms with E-state index >= 15 is 0 Å². The van der Waals surface area contributed by atoms with Crippen LogP contribution >= 0.6 is 0 Å². The molecule has 136 valence electrons. The van der Waals surface area contributed by atoms with E-state index in [9.17, 15) is 9.59 Å². The van der Waals surface area contributed by atoms with Crippen molar-refractivity contribution in [2.45, 2.75) is 51.7 Å². The highest BCUT2D eigenvalue weighted by atomic mass is 16.5. The molecule has 2 aliphatic heterocycles. The summed E-state index contributed by atoms with van der Waals surface area (Å²) in [5.41, 5.74) is 2.28. The SMILES string of the molecule is Cc1cc(C(=O)N2CCCC2)ccc1NC(=O)N[C@@H](C)[C@H]1CCCO1. The lowest BCUT2D eigenvalue weighted by atomic mass is 10.1. The number of carbonyl (C=O) groups excluding carboxylic acids is 2. The Balaban J connectivity index is 1.58. The molecule has 0 radical (unpaired) electrons. The van der Waals surface area contributed by atoms with Crippen molar-refractivity contribution in [1.82, 2.24) is 10.2 Å². The Morgan fingerprint density at radius 3 is 2.64 bits per heavy atom. The molecule has 2 N–H and O–H groups in total. The fourth-order valence-corrected chi connectivity index (χ4v) is 3.49. The Labute approximate surface area is 148 Å². The molecule has 0 saturated carbocycles. The first-order valence-corrected chi connectivity index (χ1v) is 9.13. The molecule has 0 bridgehead atoms. The standard InChI is InChI=1S/C19H27N3O3/c1-13-12-15(18(23)22-9-3-4-10-22)7-8-16(13)21-19(24)20-14(2)17-6-5-11-25-17/h7-8,12,14,17H,3-6,9-11H2,1-2H3,(H2,20,21,24)/t14-,17+/m0/s1. The maximum atomic E-state index is 12.4. The number of urea groups is 1. The summed E-state index contributed by atoms with van der Waals surface area (Å²) in [4.78, 5) is 26.5. The lowest BCUT2D eigenvalue weighted by Gasteiger charge is -2.21. The predicted octanol–water partition coefficient (Wildman–Crippen LogP) is 2.92. The Bertz CT molecular complexity index is 635. The third kappa shape index (κ3) is 4.31. The normalized spacial score (nSPS) is 21.2. The van der Waals surface area contributed by atoms with Crippen molar-refractivity contribution in [3.05, 3.63) is 29.3 Å². The largest absolute Gasteiger partial charge is 0.376 e. The Hall–Kier alpha value is -2.08. The van der Waals surface area contributed by atoms with E-state index in [0.29, 0.717) is 5.56 Å². The highest BCUT2D eigenvalue weighted by molar-refractivity contribution is 5.96. The zero-order valence-corrected chi connectivity index (χ0v) is 15.0. The molecule has 0 aromatic heterocycles. The lowest BCUT2D eigenvalue weighted by Crippen LogP contribution is -2.43. The number of rotatable bonds is 4. The van der Waals surface area contributed by atoms with Gasteiger partial charge in [-0.3, -0.25) is 4.79 Å². The van der Waals surface area contributed by atoms with E-state index in [2.05, 4.69) is 10.6 Å². The van der Waals surface area contributed by atoms with Crippen LogP contribution in [0.4, 0.5) is 10.5 Å². The number of amides is 3. The van der Waals surface area contributed by atoms with Gasteiger partial charge in [0.05, 0.1) is 12.1 Å². The van der Waals surface area contributed by atoms with Crippen LogP contribution in [0.25, 0.3) is 0 Å². The number of anilines is 1. The molecule has 1 aromatic carbocycles. The van der Waals surface area contributed by atoms with E-state index in [1.807, 2.05) is 24.8 Å². The molecule has 1 aromatic rings. The molecule has 2 heterocycles. The molecule has 6 nitrogen and oxygen atoms in total. The molecule has 3 rings (SSSR count). The Morgan fingerprint density at radius 1 is 1.24 bits per heavy atom. The average molecular weight is 345 g/mol. The number of hydrogen-bond donors (Lipinski definition) is 2. The summed E-state index contributed by atoms with van der Waals surface area (Å²) >= 11 is 0. The first kappa shape index (κ1) is 17.7. The summed E-state index contributed by atoms with van der Waals surface area (Å²) in [5, 5.41) is 5.80. The number of benzene rings is 1. The summed E-state index contributed by atoms with van der Waals surface area (Å²) in [6, 6.07) is 5.16. The third-order valence-electron chi connectivity index (χ3n) is 5.00. The average Bonchev–Trinajstić information content (AvgIpc) is 3.29. The highest BCUT2D eigenvalue weighted by Gasteiger charge is 2.24. The molecule has 0 spiro atoms. The first-order chi connectivity index (χ1) is 12.0. The Morgan fingerprint density at radius 2 is 2.00 bits per heavy atom. The van der Waals surface area contributed by atoms with Gasteiger partial charge in [-0.1, -0.05) is 0 Å². The Kier molecular flexibility index (Phi) is 5.58. The van der Waals surface area contributed by atoms with Crippen LogP contribution in [0.3, 0.4) is 0 Å². The molecule has 25 heavy (non-hydrogen) atoms. The summed E-state index contributed by atoms with van der Waals surface area (Å²) in [7, 11) is 0. The minimum Gasteiger partial charge on any atom is -0.376 e. The van der Waals surface area contributed by atoms with Crippen LogP contribution in [0.1, 0.15) is 48.5 Å². The van der Waals surface area contributed by atoms with E-state index in [-0.39, 0.29) is 24.1 Å². The fraction of sp³-hybridized carbons (Fsp3) is 0.579. The van der Waals surface area contributed by atoms with Crippen LogP contribution < -0.4 is 10.6 Å². The second-order valence-corrected chi connectivity index (χ2v) is 6.97. The fourth-order valence-electron chi connectivity index (χ4n) is 3.49. The van der Waals surface area contributed by atoms with Crippen LogP contribution in [-0.4, -0.2) is 48.7 Å². The predicted molar refractivity (Wildman–Crippen MR) is 96.9 cm³/mol. The van der Waals surface area contributed by atoms with Crippen molar-refractivity contribution < 1.29 is 14.3 Å². The summed E-state index contributed by atoms with van der Waals surface area (Å²) in [5.74, 6) is 0.0728. The van der Waals surface area contributed by atoms with Gasteiger partial charge in [0.2, 0.25) is 0 Å². The number of aryl methyl sites for hydroxylation is 1. The van der Waals surface area contributed by atoms with Crippen molar-refractivity contribution >= 4 is 17.6 Å². The maximum absolute atomic E-state index is 12.4. The summed E-state index contributed by atoms with van der Waals surface area (Å²) in [6.07, 6.45) is 4.27. The second-order valence-electron chi connectivity index (χ2n) is 6.97. The van der Waals surface area contributed by atoms with Gasteiger partial charge in [0.1, 0.15) is 0 Å². The minimum atomic E-state index is -0.246. The molecule has 0 aliphatic carbocycles. The molecular weight excluding hydrogens is 318 g/mol. The van der Waals surface area contributed by atoms with Crippen molar-refractivity contribution in [3.63, 3.8) is 0 Å². The van der Waals surface area contributed by atoms with Crippen molar-refractivity contribution in [1.29, 1.82) is 0 Å². The zero-order chi connectivity index (χ0) is 17.8. The van der Waals surface area contributed by atoms with Gasteiger partial charge in [0.25, 0.3) is 5.91 Å². The third-order valence-corrected chi connectivity index (χ3v) is 5.00. The lowest BCUT2D eigenvalue weighted by molar-refractivity contribution is 0.0792. The van der Waals surface area contributed by atoms with Gasteiger partial charge in [-0.25, -0.2) is 4.79 Å². The quantitative estimate of drug-likeness (QED) is 0.881. The highest BCUT2D eigenvalue weighted by Crippen LogP contribution is 2.20. The first-order valence-electron chi connectivity index (χ1n) is 9.13. The molecule has 2 aliphatic rings. The molecule has 2 fully saturated rings. The van der Waals surface area contributed by atoms with Gasteiger partial charge in [0, 0.05) is 30.9 Å². The number of nitrogens with zero attached hydrogens (tertiary/aromatic N) is 1. The maximum Gasteiger partial charge on any atom is 0.319 e. The van der Waals surface area contributed by atoms with Crippen LogP contribution in [-0.2, 0) is 4.74 Å². The monoisotopic (exact) mass is 345 g/mol. The smallest absolute Gasteiger partial charge is 0.319 e. The number of ether oxygens (including phenoxy) is 1. The van der Waals surface area contributed by atoms with Gasteiger partial charge in [-0.15, -0.1) is 0 Å². The number of nitrogens with one attached hydrogen (secondary N) is 2. The summed E-state index contributed by atoms with van der Waals surface area (Å²) < 4.78 is 5.60. The van der Waals surface area contributed by atoms with Crippen molar-refractivity contribution in [3.8, 4) is 0 Å². The topological polar surface area (TPSA) is 70.7 Å². The molecular formula is C19H27N3O3. The van der Waals surface area contributed by atoms with Crippen molar-refractivity contribution in [2.24, 2.45) is 0 Å². The van der Waals surface area contributed by atoms with Gasteiger partial charge in [-0.2, -0.15) is 0 Å². The van der Waals surface area contributed by atoms with Crippen LogP contribution in [0, 0.1) is 6.92 Å². The molecule has 6 heteroatoms. The van der Waals surface area contributed by atoms with E-state index < -0.39 is 0 Å². The number of carbonyl (C=O) groups is 2. The minimum absolute atomic E-state index is 0.0289. The molecule has 0 unspecified atom stereocenters. The van der Waals surface area contributed by atoms with E-state index in [4.69, 9.17) is 4.74 Å².